The highest BCUT2D eigenvalue weighted by Gasteiger charge is 2.35. The third kappa shape index (κ3) is 4.90. The molecular weight excluding hydrogens is 398 g/mol. The van der Waals surface area contributed by atoms with Gasteiger partial charge >= 0.3 is 6.09 Å². The summed E-state index contributed by atoms with van der Waals surface area (Å²) < 4.78 is 16.3. The van der Waals surface area contributed by atoms with Crippen LogP contribution in [0.2, 0.25) is 0 Å². The van der Waals surface area contributed by atoms with Crippen molar-refractivity contribution in [3.05, 3.63) is 42.4 Å². The first-order valence-electron chi connectivity index (χ1n) is 11.0. The summed E-state index contributed by atoms with van der Waals surface area (Å²) >= 11 is 0. The van der Waals surface area contributed by atoms with E-state index in [1.54, 1.807) is 11.8 Å². The Hall–Kier alpha value is -2.87. The first-order chi connectivity index (χ1) is 15.2. The molecule has 2 amide bonds. The Kier molecular flexibility index (Phi) is 6.86. The molecule has 2 aliphatic rings. The quantitative estimate of drug-likeness (QED) is 0.702. The third-order valence-corrected chi connectivity index (χ3v) is 5.98. The molecule has 4 rings (SSSR count). The predicted octanol–water partition coefficient (Wildman–Crippen LogP) is 3.44. The fourth-order valence-corrected chi connectivity index (χ4v) is 4.31. The predicted molar refractivity (Wildman–Crippen MR) is 114 cm³/mol. The zero-order chi connectivity index (χ0) is 21.6. The number of hydrogen-bond donors (Lipinski definition) is 0. The van der Waals surface area contributed by atoms with Crippen LogP contribution in [-0.2, 0) is 9.47 Å². The molecule has 1 aromatic carbocycles. The maximum absolute atomic E-state index is 13.7. The maximum Gasteiger partial charge on any atom is 0.409 e. The number of rotatable bonds is 6. The molecule has 0 bridgehead atoms. The van der Waals surface area contributed by atoms with Crippen molar-refractivity contribution >= 4 is 12.0 Å². The molecule has 0 N–H and O–H groups in total. The van der Waals surface area contributed by atoms with E-state index in [2.05, 4.69) is 4.98 Å². The van der Waals surface area contributed by atoms with E-state index in [1.807, 2.05) is 35.2 Å². The van der Waals surface area contributed by atoms with Crippen molar-refractivity contribution in [3.8, 4) is 11.3 Å². The molecule has 2 aromatic rings. The Bertz CT molecular complexity index is 870. The molecule has 8 nitrogen and oxygen atoms in total. The summed E-state index contributed by atoms with van der Waals surface area (Å²) in [4.78, 5) is 33.6. The molecule has 2 aliphatic heterocycles. The minimum atomic E-state index is -0.286. The van der Waals surface area contributed by atoms with E-state index >= 15 is 0 Å². The average Bonchev–Trinajstić information content (AvgIpc) is 3.50. The van der Waals surface area contributed by atoms with Crippen LogP contribution >= 0.6 is 0 Å². The number of hydrogen-bond acceptors (Lipinski definition) is 6. The second-order valence-corrected chi connectivity index (χ2v) is 8.00. The van der Waals surface area contributed by atoms with Gasteiger partial charge in [-0.25, -0.2) is 9.78 Å². The molecule has 0 saturated carbocycles. The number of carbonyl (C=O) groups is 2. The van der Waals surface area contributed by atoms with Gasteiger partial charge in [0.2, 0.25) is 0 Å². The topological polar surface area (TPSA) is 85.1 Å². The number of ether oxygens (including phenoxy) is 2. The summed E-state index contributed by atoms with van der Waals surface area (Å²) in [6, 6.07) is 9.58. The number of aromatic nitrogens is 1. The van der Waals surface area contributed by atoms with Crippen LogP contribution in [0.5, 0.6) is 0 Å². The Morgan fingerprint density at radius 2 is 1.97 bits per heavy atom. The van der Waals surface area contributed by atoms with E-state index in [0.29, 0.717) is 63.1 Å². The minimum Gasteiger partial charge on any atom is -0.450 e. The zero-order valence-electron chi connectivity index (χ0n) is 17.9. The lowest BCUT2D eigenvalue weighted by Gasteiger charge is -2.38. The van der Waals surface area contributed by atoms with Crippen LogP contribution in [-0.4, -0.2) is 72.3 Å². The van der Waals surface area contributed by atoms with Gasteiger partial charge in [0.05, 0.1) is 13.2 Å². The van der Waals surface area contributed by atoms with Gasteiger partial charge in [0.15, 0.2) is 17.8 Å². The molecule has 1 aromatic heterocycles. The summed E-state index contributed by atoms with van der Waals surface area (Å²) in [6.45, 7) is 5.31. The molecule has 0 radical (unpaired) electrons. The number of likely N-dealkylation sites (tertiary alicyclic amines) is 1. The van der Waals surface area contributed by atoms with E-state index in [4.69, 9.17) is 13.9 Å². The summed E-state index contributed by atoms with van der Waals surface area (Å²) in [6.07, 6.45) is 3.39. The molecule has 31 heavy (non-hydrogen) atoms. The lowest BCUT2D eigenvalue weighted by atomic mass is 9.99. The number of benzene rings is 1. The molecule has 166 valence electrons. The highest BCUT2D eigenvalue weighted by molar-refractivity contribution is 5.97. The lowest BCUT2D eigenvalue weighted by Crippen LogP contribution is -2.50. The van der Waals surface area contributed by atoms with E-state index in [1.165, 1.54) is 6.39 Å². The molecule has 2 saturated heterocycles. The van der Waals surface area contributed by atoms with E-state index in [0.717, 1.165) is 18.6 Å². The van der Waals surface area contributed by atoms with Gasteiger partial charge < -0.3 is 23.7 Å². The van der Waals surface area contributed by atoms with E-state index in [9.17, 15) is 9.59 Å². The van der Waals surface area contributed by atoms with Crippen LogP contribution < -0.4 is 0 Å². The molecule has 8 heteroatoms. The van der Waals surface area contributed by atoms with Gasteiger partial charge in [0.25, 0.3) is 5.91 Å². The monoisotopic (exact) mass is 427 g/mol. The Morgan fingerprint density at radius 3 is 2.65 bits per heavy atom. The lowest BCUT2D eigenvalue weighted by molar-refractivity contribution is 0.0483. The summed E-state index contributed by atoms with van der Waals surface area (Å²) in [5.41, 5.74) is 1.16. The van der Waals surface area contributed by atoms with E-state index in [-0.39, 0.29) is 18.0 Å². The van der Waals surface area contributed by atoms with Crippen molar-refractivity contribution in [1.82, 2.24) is 14.8 Å². The van der Waals surface area contributed by atoms with Gasteiger partial charge in [-0.3, -0.25) is 4.79 Å². The number of oxazole rings is 1. The zero-order valence-corrected chi connectivity index (χ0v) is 17.9. The Labute approximate surface area is 182 Å². The Morgan fingerprint density at radius 1 is 1.19 bits per heavy atom. The molecule has 1 atom stereocenters. The van der Waals surface area contributed by atoms with Crippen LogP contribution in [0.3, 0.4) is 0 Å². The van der Waals surface area contributed by atoms with Crippen molar-refractivity contribution in [2.45, 2.75) is 32.2 Å². The number of carbonyl (C=O) groups excluding carboxylic acids is 2. The largest absolute Gasteiger partial charge is 0.450 e. The van der Waals surface area contributed by atoms with Gasteiger partial charge in [-0.05, 0) is 26.2 Å². The van der Waals surface area contributed by atoms with Gasteiger partial charge in [-0.15, -0.1) is 0 Å². The summed E-state index contributed by atoms with van der Waals surface area (Å²) in [5, 5.41) is 0. The van der Waals surface area contributed by atoms with Crippen molar-refractivity contribution in [2.75, 3.05) is 39.5 Å². The van der Waals surface area contributed by atoms with E-state index < -0.39 is 0 Å². The molecule has 2 fully saturated rings. The highest BCUT2D eigenvalue weighted by Crippen LogP contribution is 2.28. The van der Waals surface area contributed by atoms with Crippen molar-refractivity contribution in [2.24, 2.45) is 5.92 Å². The van der Waals surface area contributed by atoms with Gasteiger partial charge in [0.1, 0.15) is 0 Å². The van der Waals surface area contributed by atoms with Gasteiger partial charge in [-0.2, -0.15) is 0 Å². The number of amides is 2. The second kappa shape index (κ2) is 9.96. The van der Waals surface area contributed by atoms with Crippen molar-refractivity contribution in [1.29, 1.82) is 0 Å². The number of piperidine rings is 1. The molecule has 0 spiro atoms. The molecular formula is C23H29N3O5. The number of nitrogens with zero attached hydrogens (tertiary/aromatic N) is 3. The van der Waals surface area contributed by atoms with Crippen LogP contribution in [0.15, 0.2) is 41.1 Å². The van der Waals surface area contributed by atoms with Crippen LogP contribution in [0.1, 0.15) is 36.7 Å². The van der Waals surface area contributed by atoms with Crippen molar-refractivity contribution < 1.29 is 23.5 Å². The van der Waals surface area contributed by atoms with Crippen LogP contribution in [0, 0.1) is 5.92 Å². The van der Waals surface area contributed by atoms with Gasteiger partial charge in [0, 0.05) is 43.8 Å². The second-order valence-electron chi connectivity index (χ2n) is 8.00. The van der Waals surface area contributed by atoms with Crippen LogP contribution in [0.4, 0.5) is 4.79 Å². The first-order valence-corrected chi connectivity index (χ1v) is 11.0. The SMILES string of the molecule is CCOC(=O)N1CCC(N(CC2CCOC2)C(=O)c2ncoc2-c2ccccc2)CC1. The highest BCUT2D eigenvalue weighted by atomic mass is 16.6. The Balaban J connectivity index is 1.53. The summed E-state index contributed by atoms with van der Waals surface area (Å²) in [7, 11) is 0. The van der Waals surface area contributed by atoms with Crippen LogP contribution in [0.25, 0.3) is 11.3 Å². The fraction of sp³-hybridized carbons (Fsp3) is 0.522. The molecule has 3 heterocycles. The standard InChI is InChI=1S/C23H29N3O5/c1-2-30-23(28)25-11-8-19(9-12-25)26(14-17-10-13-29-15-17)22(27)20-21(31-16-24-20)18-6-4-3-5-7-18/h3-7,16-17,19H,2,8-15H2,1H3. The van der Waals surface area contributed by atoms with Gasteiger partial charge in [-0.1, -0.05) is 30.3 Å². The third-order valence-electron chi connectivity index (χ3n) is 5.98. The molecule has 0 aliphatic carbocycles. The fourth-order valence-electron chi connectivity index (χ4n) is 4.31. The van der Waals surface area contributed by atoms with Crippen molar-refractivity contribution in [3.63, 3.8) is 0 Å². The maximum atomic E-state index is 13.7. The average molecular weight is 428 g/mol. The smallest absolute Gasteiger partial charge is 0.409 e. The normalized spacial score (nSPS) is 19.4. The first kappa shape index (κ1) is 21.4. The minimum absolute atomic E-state index is 0.0269. The molecule has 1 unspecified atom stereocenters. The summed E-state index contributed by atoms with van der Waals surface area (Å²) in [5.74, 6) is 0.662.